The van der Waals surface area contributed by atoms with E-state index in [2.05, 4.69) is 43.3 Å². The van der Waals surface area contributed by atoms with Gasteiger partial charge in [0.1, 0.15) is 6.79 Å². The minimum absolute atomic E-state index is 0. The molecule has 7 heteroatoms. The van der Waals surface area contributed by atoms with Crippen LogP contribution in [0.25, 0.3) is 0 Å². The molecule has 8 N–H and O–H groups in total. The van der Waals surface area contributed by atoms with Gasteiger partial charge in [-0.2, -0.15) is 12.6 Å². The molecule has 0 saturated heterocycles. The number of benzene rings is 1. The maximum atomic E-state index is 8.64. The van der Waals surface area contributed by atoms with E-state index in [-0.39, 0.29) is 24.5 Å². The highest BCUT2D eigenvalue weighted by Crippen LogP contribution is 2.15. The second-order valence-electron chi connectivity index (χ2n) is 5.90. The summed E-state index contributed by atoms with van der Waals surface area (Å²) >= 11 is 4.11. The van der Waals surface area contributed by atoms with Crippen LogP contribution in [0.15, 0.2) is 55.6 Å². The summed E-state index contributed by atoms with van der Waals surface area (Å²) in [5, 5.41) is 8.64. The van der Waals surface area contributed by atoms with Crippen LogP contribution in [-0.2, 0) is 10.5 Å². The fraction of sp³-hybridized carbons (Fsp3) is 0.577. The molecule has 33 heavy (non-hydrogen) atoms. The molecule has 1 atom stereocenters. The van der Waals surface area contributed by atoms with E-state index in [1.807, 2.05) is 57.9 Å². The highest BCUT2D eigenvalue weighted by atomic mass is 32.1. The number of rotatable bonds is 2. The van der Waals surface area contributed by atoms with Crippen LogP contribution in [0.5, 0.6) is 0 Å². The zero-order valence-corrected chi connectivity index (χ0v) is 21.6. The van der Waals surface area contributed by atoms with Gasteiger partial charge >= 0.3 is 0 Å². The molecule has 1 unspecified atom stereocenters. The van der Waals surface area contributed by atoms with Gasteiger partial charge in [-0.05, 0) is 18.4 Å². The van der Waals surface area contributed by atoms with Gasteiger partial charge in [0, 0.05) is 12.3 Å². The molecule has 0 bridgehead atoms. The summed E-state index contributed by atoms with van der Waals surface area (Å²) in [6.07, 6.45) is 14.7. The summed E-state index contributed by atoms with van der Waals surface area (Å²) in [6, 6.07) is 10.2. The van der Waals surface area contributed by atoms with E-state index in [4.69, 9.17) is 15.7 Å². The van der Waals surface area contributed by atoms with E-state index in [1.165, 1.54) is 44.1 Å². The Morgan fingerprint density at radius 2 is 1.36 bits per heavy atom. The highest BCUT2D eigenvalue weighted by Gasteiger charge is 2.00. The number of allylic oxidation sites excluding steroid dienone is 1. The van der Waals surface area contributed by atoms with Crippen LogP contribution in [0.3, 0.4) is 0 Å². The lowest BCUT2D eigenvalue weighted by atomic mass is 10.0. The van der Waals surface area contributed by atoms with E-state index in [1.54, 1.807) is 0 Å². The van der Waals surface area contributed by atoms with Gasteiger partial charge in [-0.1, -0.05) is 109 Å². The zero-order valence-electron chi connectivity index (χ0n) is 20.7. The normalized spacial score (nSPS) is 13.7. The Bertz CT molecular complexity index is 405. The first-order valence-corrected chi connectivity index (χ1v) is 11.6. The summed E-state index contributed by atoms with van der Waals surface area (Å²) < 4.78 is 0. The molecule has 1 aromatic rings. The molecule has 2 aliphatic carbocycles. The molecule has 0 radical (unpaired) electrons. The minimum atomic E-state index is -0.134. The van der Waals surface area contributed by atoms with Crippen molar-refractivity contribution in [3.63, 3.8) is 0 Å². The van der Waals surface area contributed by atoms with E-state index >= 15 is 0 Å². The number of nitrogens with two attached hydrogens (primary N) is 1. The second-order valence-corrected chi connectivity index (χ2v) is 6.21. The van der Waals surface area contributed by atoms with Crippen LogP contribution >= 0.6 is 12.6 Å². The monoisotopic (exact) mass is 492 g/mol. The van der Waals surface area contributed by atoms with Gasteiger partial charge in [0.25, 0.3) is 0 Å². The average Bonchev–Trinajstić information content (AvgIpc) is 3.36. The Kier molecular flexibility index (Phi) is 77.6. The summed E-state index contributed by atoms with van der Waals surface area (Å²) in [4.78, 5) is 8.00. The second kappa shape index (κ2) is 52.4. The van der Waals surface area contributed by atoms with E-state index < -0.39 is 0 Å². The molecule has 1 aromatic carbocycles. The van der Waals surface area contributed by atoms with Crippen molar-refractivity contribution in [1.29, 1.82) is 0 Å². The molecule has 200 valence electrons. The molecule has 0 amide bonds. The van der Waals surface area contributed by atoms with Gasteiger partial charge in [-0.25, -0.2) is 0 Å². The number of aliphatic hydroxyl groups excluding tert-OH is 1. The van der Waals surface area contributed by atoms with E-state index in [0.29, 0.717) is 0 Å². The summed E-state index contributed by atoms with van der Waals surface area (Å²) in [6.45, 7) is 14.8. The fourth-order valence-corrected chi connectivity index (χ4v) is 2.47. The number of hydrazine groups is 1. The average molecular weight is 493 g/mol. The van der Waals surface area contributed by atoms with Crippen molar-refractivity contribution in [2.24, 2.45) is 5.84 Å². The van der Waals surface area contributed by atoms with E-state index in [0.717, 1.165) is 25.1 Å². The quantitative estimate of drug-likeness (QED) is 0.194. The first kappa shape index (κ1) is 48.8. The third-order valence-corrected chi connectivity index (χ3v) is 4.08. The van der Waals surface area contributed by atoms with Crippen LogP contribution in [-0.4, -0.2) is 35.5 Å². The summed E-state index contributed by atoms with van der Waals surface area (Å²) in [5.74, 6) is 5.61. The SMILES string of the molecule is C.C1CCCCC1.C=C.C=O.CC.CCNN.O.O.OC1C=CCC1.SCc1ccccc1. The van der Waals surface area contributed by atoms with Crippen LogP contribution in [0.1, 0.15) is 85.1 Å². The predicted molar refractivity (Wildman–Crippen MR) is 153 cm³/mol. The van der Waals surface area contributed by atoms with Crippen LogP contribution in [0.2, 0.25) is 0 Å². The third kappa shape index (κ3) is 48.9. The molecule has 1 fully saturated rings. The van der Waals surface area contributed by atoms with Gasteiger partial charge in [0.2, 0.25) is 0 Å². The van der Waals surface area contributed by atoms with Crippen LogP contribution < -0.4 is 11.3 Å². The first-order chi connectivity index (χ1) is 14.7. The molecule has 0 aromatic heterocycles. The van der Waals surface area contributed by atoms with Crippen molar-refractivity contribution in [2.75, 3.05) is 6.54 Å². The molecule has 0 spiro atoms. The van der Waals surface area contributed by atoms with Crippen molar-refractivity contribution >= 4 is 19.4 Å². The van der Waals surface area contributed by atoms with Gasteiger partial charge in [-0.3, -0.25) is 11.3 Å². The van der Waals surface area contributed by atoms with Gasteiger partial charge in [-0.15, -0.1) is 13.2 Å². The number of nitrogens with one attached hydrogen (secondary N) is 1. The maximum absolute atomic E-state index is 8.64. The molecular weight excluding hydrogens is 436 g/mol. The first-order valence-electron chi connectivity index (χ1n) is 11.0. The van der Waals surface area contributed by atoms with Crippen molar-refractivity contribution in [1.82, 2.24) is 5.43 Å². The molecule has 6 nitrogen and oxygen atoms in total. The number of carbonyl (C=O) groups is 1. The zero-order chi connectivity index (χ0) is 23.9. The van der Waals surface area contributed by atoms with E-state index in [9.17, 15) is 0 Å². The molecule has 0 aliphatic heterocycles. The molecule has 3 rings (SSSR count). The lowest BCUT2D eigenvalue weighted by molar-refractivity contribution is -0.0980. The Morgan fingerprint density at radius 3 is 1.52 bits per heavy atom. The Balaban J connectivity index is -0.0000000502. The molecule has 1 saturated carbocycles. The number of hydrogen-bond acceptors (Lipinski definition) is 5. The molecule has 2 aliphatic rings. The fourth-order valence-electron chi connectivity index (χ4n) is 2.26. The number of thiol groups is 1. The van der Waals surface area contributed by atoms with Gasteiger partial charge < -0.3 is 20.9 Å². The Morgan fingerprint density at radius 1 is 1.00 bits per heavy atom. The lowest BCUT2D eigenvalue weighted by Crippen LogP contribution is -2.20. The highest BCUT2D eigenvalue weighted by molar-refractivity contribution is 7.79. The maximum Gasteiger partial charge on any atom is 0.106 e. The minimum Gasteiger partial charge on any atom is -0.412 e. The van der Waals surface area contributed by atoms with Crippen molar-refractivity contribution < 1.29 is 20.9 Å². The van der Waals surface area contributed by atoms with Crippen molar-refractivity contribution in [2.45, 2.75) is 91.4 Å². The number of aliphatic hydroxyl groups is 1. The third-order valence-electron chi connectivity index (χ3n) is 3.72. The Labute approximate surface area is 210 Å². The predicted octanol–water partition coefficient (Wildman–Crippen LogP) is 5.25. The smallest absolute Gasteiger partial charge is 0.106 e. The van der Waals surface area contributed by atoms with Crippen LogP contribution in [0, 0.1) is 0 Å². The van der Waals surface area contributed by atoms with Gasteiger partial charge in [0.05, 0.1) is 6.10 Å². The summed E-state index contributed by atoms with van der Waals surface area (Å²) in [5.41, 5.74) is 3.70. The Hall–Kier alpha value is -1.48. The van der Waals surface area contributed by atoms with Crippen molar-refractivity contribution in [3.8, 4) is 0 Å². The van der Waals surface area contributed by atoms with Gasteiger partial charge in [0.15, 0.2) is 0 Å². The standard InChI is InChI=1S/C7H8S.C6H12.C5H8O.C2H8N2.C2H6.C2H4.CH2O.CH4.2H2O/c8-6-7-4-2-1-3-5-7;1-2-4-6-5-3-1;6-5-3-1-2-4-5;1-2-4-3;3*1-2;;;/h1-5,8H,6H2;1-6H2;1,3,5-6H,2,4H2;4H,2-3H2,1H3;1-2H3;1-2H2;1H2;1H4;2*1H2. The number of carbonyl (C=O) groups excluding carboxylic acids is 1. The largest absolute Gasteiger partial charge is 0.412 e. The number of hydrogen-bond donors (Lipinski definition) is 4. The molecular formula is C26H56N2O4S. The van der Waals surface area contributed by atoms with Crippen molar-refractivity contribution in [3.05, 3.63) is 61.2 Å². The topological polar surface area (TPSA) is 138 Å². The summed E-state index contributed by atoms with van der Waals surface area (Å²) in [7, 11) is 0. The van der Waals surface area contributed by atoms with Crippen LogP contribution in [0.4, 0.5) is 0 Å². The lowest BCUT2D eigenvalue weighted by Gasteiger charge is -2.05. The molecule has 0 heterocycles.